The summed E-state index contributed by atoms with van der Waals surface area (Å²) < 4.78 is 7.48. The van der Waals surface area contributed by atoms with Crippen molar-refractivity contribution in [3.05, 3.63) is 45.7 Å². The van der Waals surface area contributed by atoms with Gasteiger partial charge >= 0.3 is 0 Å². The van der Waals surface area contributed by atoms with Gasteiger partial charge in [-0.1, -0.05) is 39.8 Å². The highest BCUT2D eigenvalue weighted by atomic mass is 79.9. The van der Waals surface area contributed by atoms with Crippen LogP contribution in [0.1, 0.15) is 5.56 Å². The molecule has 0 spiro atoms. The van der Waals surface area contributed by atoms with Crippen molar-refractivity contribution in [3.63, 3.8) is 0 Å². The Kier molecular flexibility index (Phi) is 6.40. The molecule has 2 nitrogen and oxygen atoms in total. The fraction of sp³-hybridized carbons (Fsp3) is 0.286. The van der Waals surface area contributed by atoms with Crippen LogP contribution in [0.4, 0.5) is 0 Å². The third-order valence-corrected chi connectivity index (χ3v) is 5.30. The van der Waals surface area contributed by atoms with E-state index < -0.39 is 0 Å². The van der Waals surface area contributed by atoms with E-state index in [2.05, 4.69) is 57.0 Å². The first kappa shape index (κ1) is 15.1. The van der Waals surface area contributed by atoms with Gasteiger partial charge < -0.3 is 10.1 Å². The lowest BCUT2D eigenvalue weighted by molar-refractivity contribution is 0.199. The van der Waals surface area contributed by atoms with Crippen molar-refractivity contribution in [2.75, 3.05) is 20.3 Å². The Morgan fingerprint density at radius 1 is 1.37 bits per heavy atom. The highest BCUT2D eigenvalue weighted by molar-refractivity contribution is 9.10. The molecule has 1 N–H and O–H groups in total. The Labute approximate surface area is 130 Å². The van der Waals surface area contributed by atoms with Gasteiger partial charge in [0.05, 0.1) is 10.8 Å². The maximum absolute atomic E-state index is 5.01. The van der Waals surface area contributed by atoms with E-state index in [1.807, 2.05) is 0 Å². The molecule has 0 saturated heterocycles. The third-order valence-electron chi connectivity index (χ3n) is 2.54. The van der Waals surface area contributed by atoms with E-state index >= 15 is 0 Å². The summed E-state index contributed by atoms with van der Waals surface area (Å²) in [5.74, 6) is 0. The quantitative estimate of drug-likeness (QED) is 0.742. The highest BCUT2D eigenvalue weighted by Gasteiger charge is 2.03. The van der Waals surface area contributed by atoms with Crippen LogP contribution in [-0.2, 0) is 11.3 Å². The van der Waals surface area contributed by atoms with Gasteiger partial charge in [-0.2, -0.15) is 0 Å². The molecule has 0 saturated carbocycles. The maximum atomic E-state index is 5.01. The second-order valence-corrected chi connectivity index (χ2v) is 7.13. The molecule has 0 fully saturated rings. The van der Waals surface area contributed by atoms with E-state index in [-0.39, 0.29) is 0 Å². The smallest absolute Gasteiger partial charge is 0.0646 e. The van der Waals surface area contributed by atoms with Gasteiger partial charge in [-0.15, -0.1) is 11.3 Å². The number of thiophene rings is 1. The average molecular weight is 358 g/mol. The van der Waals surface area contributed by atoms with Gasteiger partial charge in [-0.25, -0.2) is 0 Å². The van der Waals surface area contributed by atoms with Crippen LogP contribution in [0.5, 0.6) is 0 Å². The van der Waals surface area contributed by atoms with Crippen LogP contribution >= 0.6 is 39.0 Å². The molecule has 0 bridgehead atoms. The van der Waals surface area contributed by atoms with Gasteiger partial charge in [-0.05, 0) is 29.1 Å². The van der Waals surface area contributed by atoms with Gasteiger partial charge in [0.1, 0.15) is 0 Å². The van der Waals surface area contributed by atoms with Crippen LogP contribution in [0.25, 0.3) is 0 Å². The summed E-state index contributed by atoms with van der Waals surface area (Å²) in [7, 11) is 1.72. The van der Waals surface area contributed by atoms with Crippen molar-refractivity contribution in [2.45, 2.75) is 15.6 Å². The van der Waals surface area contributed by atoms with E-state index in [9.17, 15) is 0 Å². The highest BCUT2D eigenvalue weighted by Crippen LogP contribution is 2.33. The maximum Gasteiger partial charge on any atom is 0.0646 e. The molecule has 0 aliphatic rings. The van der Waals surface area contributed by atoms with Crippen LogP contribution < -0.4 is 5.32 Å². The van der Waals surface area contributed by atoms with E-state index in [0.29, 0.717) is 0 Å². The van der Waals surface area contributed by atoms with E-state index in [0.717, 1.165) is 24.2 Å². The van der Waals surface area contributed by atoms with E-state index in [1.54, 1.807) is 30.2 Å². The van der Waals surface area contributed by atoms with E-state index in [1.165, 1.54) is 14.7 Å². The molecule has 0 atom stereocenters. The molecule has 0 aliphatic heterocycles. The minimum absolute atomic E-state index is 0.740. The molecule has 2 rings (SSSR count). The summed E-state index contributed by atoms with van der Waals surface area (Å²) in [6.07, 6.45) is 0. The Hall–Kier alpha value is -0.330. The zero-order valence-electron chi connectivity index (χ0n) is 10.7. The lowest BCUT2D eigenvalue weighted by Crippen LogP contribution is -2.18. The summed E-state index contributed by atoms with van der Waals surface area (Å²) in [5, 5.41) is 5.45. The van der Waals surface area contributed by atoms with Crippen molar-refractivity contribution in [1.82, 2.24) is 5.32 Å². The molecular weight excluding hydrogens is 342 g/mol. The normalized spacial score (nSPS) is 10.8. The summed E-state index contributed by atoms with van der Waals surface area (Å²) >= 11 is 7.21. The molecule has 1 aromatic heterocycles. The zero-order chi connectivity index (χ0) is 13.5. The van der Waals surface area contributed by atoms with Crippen LogP contribution in [0.3, 0.4) is 0 Å². The first-order valence-corrected chi connectivity index (χ1v) is 8.48. The Bertz CT molecular complexity index is 502. The van der Waals surface area contributed by atoms with Crippen LogP contribution in [-0.4, -0.2) is 20.3 Å². The number of halogens is 1. The molecule has 0 amide bonds. The van der Waals surface area contributed by atoms with Crippen LogP contribution in [0.2, 0.25) is 0 Å². The van der Waals surface area contributed by atoms with Gasteiger partial charge in [0.15, 0.2) is 0 Å². The summed E-state index contributed by atoms with van der Waals surface area (Å²) in [5.41, 5.74) is 1.27. The lowest BCUT2D eigenvalue weighted by atomic mass is 10.2. The van der Waals surface area contributed by atoms with Gasteiger partial charge in [0, 0.05) is 29.6 Å². The Morgan fingerprint density at radius 2 is 2.26 bits per heavy atom. The predicted molar refractivity (Wildman–Crippen MR) is 86.2 cm³/mol. The standard InChI is InChI=1S/C14H16BrNOS2/c1-17-7-6-16-10-11-4-5-12(9-13(11)15)19-14-3-2-8-18-14/h2-5,8-9,16H,6-7,10H2,1H3. The molecule has 1 heterocycles. The first-order valence-electron chi connectivity index (χ1n) is 5.99. The lowest BCUT2D eigenvalue weighted by Gasteiger charge is -2.08. The fourth-order valence-corrected chi connectivity index (χ4v) is 4.03. The SMILES string of the molecule is COCCNCc1ccc(Sc2cccs2)cc1Br. The number of benzene rings is 1. The zero-order valence-corrected chi connectivity index (χ0v) is 13.9. The van der Waals surface area contributed by atoms with Crippen molar-refractivity contribution >= 4 is 39.0 Å². The molecule has 5 heteroatoms. The molecule has 0 aliphatic carbocycles. The van der Waals surface area contributed by atoms with Crippen molar-refractivity contribution in [1.29, 1.82) is 0 Å². The predicted octanol–water partition coefficient (Wildman–Crippen LogP) is 4.40. The second kappa shape index (κ2) is 8.07. The number of methoxy groups -OCH3 is 1. The molecule has 0 radical (unpaired) electrons. The summed E-state index contributed by atoms with van der Waals surface area (Å²) in [4.78, 5) is 1.26. The molecule has 2 aromatic rings. The van der Waals surface area contributed by atoms with Gasteiger partial charge in [-0.3, -0.25) is 0 Å². The largest absolute Gasteiger partial charge is 0.383 e. The summed E-state index contributed by atoms with van der Waals surface area (Å²) in [6, 6.07) is 10.7. The van der Waals surface area contributed by atoms with Gasteiger partial charge in [0.25, 0.3) is 0 Å². The number of hydrogen-bond acceptors (Lipinski definition) is 4. The molecule has 1 aromatic carbocycles. The average Bonchev–Trinajstić information content (AvgIpc) is 2.90. The minimum atomic E-state index is 0.740. The Balaban J connectivity index is 1.93. The fourth-order valence-electron chi connectivity index (χ4n) is 1.57. The number of nitrogens with one attached hydrogen (secondary N) is 1. The topological polar surface area (TPSA) is 21.3 Å². The van der Waals surface area contributed by atoms with Gasteiger partial charge in [0.2, 0.25) is 0 Å². The first-order chi connectivity index (χ1) is 9.29. The monoisotopic (exact) mass is 357 g/mol. The second-order valence-electron chi connectivity index (χ2n) is 3.96. The molecule has 0 unspecified atom stereocenters. The molecular formula is C14H16BrNOS2. The third kappa shape index (κ3) is 4.93. The number of hydrogen-bond donors (Lipinski definition) is 1. The van der Waals surface area contributed by atoms with Crippen LogP contribution in [0.15, 0.2) is 49.3 Å². The van der Waals surface area contributed by atoms with Crippen molar-refractivity contribution < 1.29 is 4.74 Å². The summed E-state index contributed by atoms with van der Waals surface area (Å²) in [6.45, 7) is 2.46. The Morgan fingerprint density at radius 3 is 2.95 bits per heavy atom. The number of ether oxygens (including phenoxy) is 1. The molecule has 102 valence electrons. The van der Waals surface area contributed by atoms with E-state index in [4.69, 9.17) is 4.74 Å². The molecule has 19 heavy (non-hydrogen) atoms. The minimum Gasteiger partial charge on any atom is -0.383 e. The van der Waals surface area contributed by atoms with Crippen LogP contribution in [0, 0.1) is 0 Å². The van der Waals surface area contributed by atoms with Crippen molar-refractivity contribution in [2.24, 2.45) is 0 Å². The van der Waals surface area contributed by atoms with Crippen molar-refractivity contribution in [3.8, 4) is 0 Å². The number of rotatable bonds is 7.